The minimum absolute atomic E-state index is 0.513. The van der Waals surface area contributed by atoms with Crippen molar-refractivity contribution in [3.8, 4) is 0 Å². The molecule has 0 fully saturated rings. The first-order valence-electron chi connectivity index (χ1n) is 5.72. The van der Waals surface area contributed by atoms with Crippen molar-refractivity contribution in [3.63, 3.8) is 0 Å². The molecule has 98 valence electrons. The van der Waals surface area contributed by atoms with Crippen molar-refractivity contribution >= 4 is 29.7 Å². The first-order chi connectivity index (χ1) is 7.35. The second-order valence-corrected chi connectivity index (χ2v) is 14.7. The fourth-order valence-corrected chi connectivity index (χ4v) is 5.15. The smallest absolute Gasteiger partial charge is 0.160 e. The Balaban J connectivity index is 0. The molecule has 0 aliphatic rings. The summed E-state index contributed by atoms with van der Waals surface area (Å²) in [5.41, 5.74) is -3.72. The summed E-state index contributed by atoms with van der Waals surface area (Å²) in [6, 6.07) is 0. The normalized spacial score (nSPS) is 10.6. The van der Waals surface area contributed by atoms with Gasteiger partial charge in [-0.2, -0.15) is 11.8 Å². The topological polar surface area (TPSA) is 46.1 Å². The summed E-state index contributed by atoms with van der Waals surface area (Å²) in [5, 5.41) is 0. The molecule has 0 bridgehead atoms. The van der Waals surface area contributed by atoms with E-state index in [2.05, 4.69) is 44.8 Å². The predicted octanol–water partition coefficient (Wildman–Crippen LogP) is 2.96. The number of rotatable bonds is 7. The quantitative estimate of drug-likeness (QED) is 0.301. The van der Waals surface area contributed by atoms with E-state index in [1.807, 2.05) is 0 Å². The third kappa shape index (κ3) is 24.7. The molecule has 0 spiro atoms. The molecule has 0 aromatic carbocycles. The zero-order chi connectivity index (χ0) is 13.0. The van der Waals surface area contributed by atoms with E-state index in [9.17, 15) is 9.79 Å². The minimum atomic E-state index is -3.72. The second-order valence-electron chi connectivity index (χ2n) is 3.40. The summed E-state index contributed by atoms with van der Waals surface area (Å²) in [7, 11) is 0. The summed E-state index contributed by atoms with van der Waals surface area (Å²) in [5.74, 6) is 0. The van der Waals surface area contributed by atoms with Crippen LogP contribution in [0.3, 0.4) is 0 Å². The molecule has 0 N–H and O–H groups in total. The third-order valence-electron chi connectivity index (χ3n) is 2.10. The molecule has 0 radical (unpaired) electrons. The van der Waals surface area contributed by atoms with Gasteiger partial charge in [-0.1, -0.05) is 0 Å². The molecule has 0 heterocycles. The molecule has 0 saturated carbocycles. The van der Waals surface area contributed by atoms with Crippen LogP contribution in [-0.2, 0) is 41.4 Å². The van der Waals surface area contributed by atoms with E-state index in [1.54, 1.807) is 14.4 Å². The number of unbranched alkanes of at least 4 members (excludes halogenated alkanes) is 3. The van der Waals surface area contributed by atoms with E-state index in [1.165, 1.54) is 25.7 Å². The Morgan fingerprint density at radius 2 is 1.50 bits per heavy atom. The maximum atomic E-state index is 9.29. The average Bonchev–Trinajstić information content (AvgIpc) is 2.16. The Kier molecular flexibility index (Phi) is 16.3. The molecule has 0 unspecified atom stereocenters. The van der Waals surface area contributed by atoms with E-state index in [-0.39, 0.29) is 0 Å². The van der Waals surface area contributed by atoms with Crippen LogP contribution >= 0.6 is 5.69 Å². The summed E-state index contributed by atoms with van der Waals surface area (Å²) in [6.45, 7) is 7.07. The van der Waals surface area contributed by atoms with Crippen molar-refractivity contribution in [2.45, 2.75) is 60.9 Å². The Labute approximate surface area is 117 Å². The van der Waals surface area contributed by atoms with Crippen molar-refractivity contribution in [3.05, 3.63) is 0 Å². The summed E-state index contributed by atoms with van der Waals surface area (Å²) < 4.78 is 0. The zero-order valence-electron chi connectivity index (χ0n) is 10.4. The van der Waals surface area contributed by atoms with Gasteiger partial charge in [-0.05, 0) is 0 Å². The van der Waals surface area contributed by atoms with E-state index in [0.29, 0.717) is 0 Å². The van der Waals surface area contributed by atoms with E-state index in [4.69, 9.17) is 0 Å². The fourth-order valence-electron chi connectivity index (χ4n) is 1.23. The van der Waals surface area contributed by atoms with Crippen molar-refractivity contribution in [1.82, 2.24) is 0 Å². The van der Waals surface area contributed by atoms with Gasteiger partial charge >= 0.3 is 78.2 Å². The Morgan fingerprint density at radius 3 is 1.81 bits per heavy atom. The van der Waals surface area contributed by atoms with E-state index >= 15 is 0 Å². The van der Waals surface area contributed by atoms with Crippen LogP contribution in [0.5, 0.6) is 0 Å². The van der Waals surface area contributed by atoms with Crippen molar-refractivity contribution in [2.24, 2.45) is 0 Å². The van der Waals surface area contributed by atoms with Gasteiger partial charge in [0.25, 0.3) is 0 Å². The van der Waals surface area contributed by atoms with Crippen molar-refractivity contribution in [1.29, 1.82) is 0 Å². The number of hydrogen-bond acceptors (Lipinski definition) is 4. The van der Waals surface area contributed by atoms with Crippen molar-refractivity contribution < 1.29 is 27.1 Å². The molecule has 0 aliphatic carbocycles. The Hall–Kier alpha value is 1.61. The van der Waals surface area contributed by atoms with Crippen LogP contribution in [0.4, 0.5) is 0 Å². The summed E-state index contributed by atoms with van der Waals surface area (Å²) in [6.07, 6.45) is 5.87. The maximum Gasteiger partial charge on any atom is -0.160 e. The molecule has 0 aromatic rings. The van der Waals surface area contributed by atoms with Gasteiger partial charge in [0.05, 0.1) is 0 Å². The molecule has 0 rings (SSSR count). The van der Waals surface area contributed by atoms with Gasteiger partial charge in [0.15, 0.2) is 0 Å². The van der Waals surface area contributed by atoms with Gasteiger partial charge in [0, 0.05) is 0 Å². The summed E-state index contributed by atoms with van der Waals surface area (Å²) >= 11 is 6.77. The van der Waals surface area contributed by atoms with Crippen LogP contribution in [0, 0.1) is 0 Å². The van der Waals surface area contributed by atoms with Crippen LogP contribution in [0.2, 0.25) is 14.4 Å². The largest absolute Gasteiger partial charge is 0.850 e. The van der Waals surface area contributed by atoms with Gasteiger partial charge in [-0.25, -0.2) is 0 Å². The van der Waals surface area contributed by atoms with Crippen LogP contribution in [-0.4, -0.2) is 0 Å². The van der Waals surface area contributed by atoms with Crippen LogP contribution < -0.4 is 9.79 Å². The fraction of sp³-hybridized carbons (Fsp3) is 1.00. The zero-order valence-corrected chi connectivity index (χ0v) is 15.0. The average molecular weight is 366 g/mol. The van der Waals surface area contributed by atoms with Crippen LogP contribution in [0.1, 0.15) is 46.5 Å². The van der Waals surface area contributed by atoms with Gasteiger partial charge < -0.3 is 27.7 Å². The minimum Gasteiger partial charge on any atom is -0.850 e. The molecule has 0 aromatic heterocycles. The monoisotopic (exact) mass is 368 g/mol. The number of hydrogen-bond donors (Lipinski definition) is 0. The molecule has 2 nitrogen and oxygen atoms in total. The van der Waals surface area contributed by atoms with Gasteiger partial charge in [0.2, 0.25) is 0 Å². The molecule has 0 aliphatic heterocycles. The summed E-state index contributed by atoms with van der Waals surface area (Å²) in [4.78, 5) is 23.3. The van der Waals surface area contributed by atoms with Gasteiger partial charge in [-0.3, -0.25) is 0 Å². The predicted molar refractivity (Wildman–Crippen MR) is 71.6 cm³/mol. The molecular formula is C10H23MoO2PS2. The van der Waals surface area contributed by atoms with Crippen LogP contribution in [0.25, 0.3) is 0 Å². The SMILES string of the molecule is CCCCC[CH2][Mo+3]([CH2]C)[CH2]C.[O-]P([O-])(=S)[S-]. The van der Waals surface area contributed by atoms with E-state index < -0.39 is 23.0 Å². The van der Waals surface area contributed by atoms with E-state index in [0.717, 1.165) is 0 Å². The first kappa shape index (κ1) is 19.9. The first-order valence-corrected chi connectivity index (χ1v) is 13.6. The molecule has 0 saturated heterocycles. The van der Waals surface area contributed by atoms with Gasteiger partial charge in [0.1, 0.15) is 0 Å². The molecule has 16 heavy (non-hydrogen) atoms. The van der Waals surface area contributed by atoms with Crippen molar-refractivity contribution in [2.75, 3.05) is 0 Å². The Morgan fingerprint density at radius 1 is 1.06 bits per heavy atom. The molecule has 0 amide bonds. The Bertz CT molecular complexity index is 175. The third-order valence-corrected chi connectivity index (χ3v) is 8.25. The second kappa shape index (κ2) is 13.0. The van der Waals surface area contributed by atoms with Gasteiger partial charge in [-0.15, -0.1) is 0 Å². The molecule has 0 atom stereocenters. The standard InChI is InChI=1S/C6H13.2C2H5.Mo.H3O2PS2/c1-3-5-6-4-2;2*1-2;;1-3(2,4)5/h1,3-6H2,2H3;2*1H2,2H3;;(H3,1,2,4,5)/q;;;+3;/p-3. The molecule has 6 heteroatoms. The van der Waals surface area contributed by atoms with Crippen LogP contribution in [0.15, 0.2) is 0 Å². The molecular weight excluding hydrogens is 343 g/mol. The maximum absolute atomic E-state index is 9.29.